The third kappa shape index (κ3) is 3.57. The summed E-state index contributed by atoms with van der Waals surface area (Å²) >= 11 is 0. The Bertz CT molecular complexity index is 106. The minimum absolute atomic E-state index is 0.931. The molecule has 1 nitrogen and oxygen atoms in total. The van der Waals surface area contributed by atoms with Gasteiger partial charge in [0, 0.05) is 0 Å². The third-order valence-electron chi connectivity index (χ3n) is 3.10. The molecule has 0 aromatic heterocycles. The molecule has 1 heteroatoms. The van der Waals surface area contributed by atoms with Crippen LogP contribution in [0.25, 0.3) is 0 Å². The molecule has 72 valence electrons. The highest BCUT2D eigenvalue weighted by Gasteiger charge is 2.17. The van der Waals surface area contributed by atoms with Gasteiger partial charge in [0.15, 0.2) is 0 Å². The molecule has 0 heterocycles. The van der Waals surface area contributed by atoms with E-state index in [1.165, 1.54) is 45.1 Å². The first-order valence-corrected chi connectivity index (χ1v) is 5.47. The average Bonchev–Trinajstić information content (AvgIpc) is 2.53. The average molecular weight is 169 g/mol. The summed E-state index contributed by atoms with van der Waals surface area (Å²) in [4.78, 5) is 0. The quantitative estimate of drug-likeness (QED) is 0.667. The van der Waals surface area contributed by atoms with E-state index < -0.39 is 0 Å². The maximum absolute atomic E-state index is 3.22. The molecule has 0 spiro atoms. The summed E-state index contributed by atoms with van der Waals surface area (Å²) in [6, 6.07) is 0. The molecule has 0 bridgehead atoms. The molecule has 1 rings (SSSR count). The molecular weight excluding hydrogens is 146 g/mol. The second-order valence-electron chi connectivity index (χ2n) is 4.38. The lowest BCUT2D eigenvalue weighted by atomic mass is 9.92. The summed E-state index contributed by atoms with van der Waals surface area (Å²) in [5.74, 6) is 2.00. The normalized spacial score (nSPS) is 21.5. The summed E-state index contributed by atoms with van der Waals surface area (Å²) in [7, 11) is 2.04. The van der Waals surface area contributed by atoms with E-state index in [-0.39, 0.29) is 0 Å². The van der Waals surface area contributed by atoms with E-state index in [0.717, 1.165) is 11.8 Å². The summed E-state index contributed by atoms with van der Waals surface area (Å²) < 4.78 is 0. The summed E-state index contributed by atoms with van der Waals surface area (Å²) in [5.41, 5.74) is 0. The molecule has 1 unspecified atom stereocenters. The van der Waals surface area contributed by atoms with Crippen molar-refractivity contribution < 1.29 is 0 Å². The monoisotopic (exact) mass is 169 g/mol. The van der Waals surface area contributed by atoms with Crippen LogP contribution in [0.1, 0.15) is 45.4 Å². The Balaban J connectivity index is 2.03. The Labute approximate surface area is 76.9 Å². The minimum Gasteiger partial charge on any atom is -0.320 e. The number of hydrogen-bond acceptors (Lipinski definition) is 1. The zero-order valence-electron chi connectivity index (χ0n) is 8.60. The Kier molecular flexibility index (Phi) is 4.67. The standard InChI is InChI=1S/C11H23N/c1-10(7-8-12-2)9-11-5-3-4-6-11/h10-12H,3-9H2,1-2H3. The molecule has 0 amide bonds. The van der Waals surface area contributed by atoms with Crippen molar-refractivity contribution in [3.63, 3.8) is 0 Å². The summed E-state index contributed by atoms with van der Waals surface area (Å²) in [6.45, 7) is 3.59. The van der Waals surface area contributed by atoms with Crippen molar-refractivity contribution in [3.8, 4) is 0 Å². The molecule has 0 saturated heterocycles. The second-order valence-corrected chi connectivity index (χ2v) is 4.38. The predicted octanol–water partition coefficient (Wildman–Crippen LogP) is 2.81. The largest absolute Gasteiger partial charge is 0.320 e. The first kappa shape index (κ1) is 10.0. The topological polar surface area (TPSA) is 12.0 Å². The van der Waals surface area contributed by atoms with Gasteiger partial charge in [0.25, 0.3) is 0 Å². The third-order valence-corrected chi connectivity index (χ3v) is 3.10. The smallest absolute Gasteiger partial charge is 0.00494 e. The van der Waals surface area contributed by atoms with E-state index in [0.29, 0.717) is 0 Å². The fourth-order valence-electron chi connectivity index (χ4n) is 2.32. The molecule has 0 aliphatic heterocycles. The molecule has 0 aromatic rings. The van der Waals surface area contributed by atoms with Crippen LogP contribution in [0.4, 0.5) is 0 Å². The van der Waals surface area contributed by atoms with E-state index in [9.17, 15) is 0 Å². The maximum atomic E-state index is 3.22. The Morgan fingerprint density at radius 1 is 1.33 bits per heavy atom. The van der Waals surface area contributed by atoms with Crippen molar-refractivity contribution in [1.82, 2.24) is 5.32 Å². The lowest BCUT2D eigenvalue weighted by Crippen LogP contribution is -2.13. The Morgan fingerprint density at radius 3 is 2.58 bits per heavy atom. The van der Waals surface area contributed by atoms with Crippen LogP contribution in [0.5, 0.6) is 0 Å². The summed E-state index contributed by atoms with van der Waals surface area (Å²) in [5, 5.41) is 3.22. The highest BCUT2D eigenvalue weighted by molar-refractivity contribution is 4.70. The minimum atomic E-state index is 0.931. The number of nitrogens with one attached hydrogen (secondary N) is 1. The van der Waals surface area contributed by atoms with Crippen molar-refractivity contribution in [1.29, 1.82) is 0 Å². The van der Waals surface area contributed by atoms with E-state index in [1.54, 1.807) is 0 Å². The zero-order valence-corrected chi connectivity index (χ0v) is 8.60. The molecule has 1 atom stereocenters. The van der Waals surface area contributed by atoms with E-state index in [1.807, 2.05) is 7.05 Å². The van der Waals surface area contributed by atoms with Crippen LogP contribution >= 0.6 is 0 Å². The summed E-state index contributed by atoms with van der Waals surface area (Å²) in [6.07, 6.45) is 8.81. The van der Waals surface area contributed by atoms with Gasteiger partial charge in [-0.1, -0.05) is 32.6 Å². The predicted molar refractivity (Wildman–Crippen MR) is 54.3 cm³/mol. The lowest BCUT2D eigenvalue weighted by Gasteiger charge is -2.15. The van der Waals surface area contributed by atoms with Gasteiger partial charge in [0.1, 0.15) is 0 Å². The van der Waals surface area contributed by atoms with Gasteiger partial charge in [-0.3, -0.25) is 0 Å². The van der Waals surface area contributed by atoms with Gasteiger partial charge in [0.2, 0.25) is 0 Å². The van der Waals surface area contributed by atoms with Crippen LogP contribution in [0.15, 0.2) is 0 Å². The molecule has 0 aromatic carbocycles. The maximum Gasteiger partial charge on any atom is -0.00494 e. The van der Waals surface area contributed by atoms with Gasteiger partial charge >= 0.3 is 0 Å². The number of rotatable bonds is 5. The molecule has 0 radical (unpaired) electrons. The van der Waals surface area contributed by atoms with Crippen molar-refractivity contribution >= 4 is 0 Å². The Morgan fingerprint density at radius 2 is 2.00 bits per heavy atom. The van der Waals surface area contributed by atoms with Gasteiger partial charge in [-0.05, 0) is 38.3 Å². The van der Waals surface area contributed by atoms with Gasteiger partial charge < -0.3 is 5.32 Å². The lowest BCUT2D eigenvalue weighted by molar-refractivity contribution is 0.377. The molecule has 1 N–H and O–H groups in total. The van der Waals surface area contributed by atoms with Crippen LogP contribution in [0, 0.1) is 11.8 Å². The molecule has 1 aliphatic rings. The molecule has 12 heavy (non-hydrogen) atoms. The van der Waals surface area contributed by atoms with Crippen molar-refractivity contribution in [2.75, 3.05) is 13.6 Å². The first-order valence-electron chi connectivity index (χ1n) is 5.47. The van der Waals surface area contributed by atoms with Crippen LogP contribution < -0.4 is 5.32 Å². The van der Waals surface area contributed by atoms with Crippen molar-refractivity contribution in [3.05, 3.63) is 0 Å². The van der Waals surface area contributed by atoms with Crippen molar-refractivity contribution in [2.45, 2.75) is 45.4 Å². The van der Waals surface area contributed by atoms with Crippen LogP contribution in [-0.4, -0.2) is 13.6 Å². The number of hydrogen-bond donors (Lipinski definition) is 1. The fraction of sp³-hybridized carbons (Fsp3) is 1.00. The van der Waals surface area contributed by atoms with Crippen LogP contribution in [0.2, 0.25) is 0 Å². The van der Waals surface area contributed by atoms with Gasteiger partial charge in [-0.2, -0.15) is 0 Å². The second kappa shape index (κ2) is 5.58. The Hall–Kier alpha value is -0.0400. The fourth-order valence-corrected chi connectivity index (χ4v) is 2.32. The molecule has 1 aliphatic carbocycles. The van der Waals surface area contributed by atoms with Crippen LogP contribution in [-0.2, 0) is 0 Å². The molecule has 1 saturated carbocycles. The van der Waals surface area contributed by atoms with E-state index in [2.05, 4.69) is 12.2 Å². The zero-order chi connectivity index (χ0) is 8.81. The van der Waals surface area contributed by atoms with Gasteiger partial charge in [-0.15, -0.1) is 0 Å². The van der Waals surface area contributed by atoms with E-state index in [4.69, 9.17) is 0 Å². The highest BCUT2D eigenvalue weighted by atomic mass is 14.8. The molecular formula is C11H23N. The molecule has 1 fully saturated rings. The first-order chi connectivity index (χ1) is 5.83. The van der Waals surface area contributed by atoms with Gasteiger partial charge in [0.05, 0.1) is 0 Å². The highest BCUT2D eigenvalue weighted by Crippen LogP contribution is 2.30. The van der Waals surface area contributed by atoms with Gasteiger partial charge in [-0.25, -0.2) is 0 Å². The van der Waals surface area contributed by atoms with Crippen LogP contribution in [0.3, 0.4) is 0 Å². The van der Waals surface area contributed by atoms with Crippen molar-refractivity contribution in [2.24, 2.45) is 11.8 Å². The SMILES string of the molecule is CNCCC(C)CC1CCCC1. The van der Waals surface area contributed by atoms with E-state index >= 15 is 0 Å².